The molecule has 1 fully saturated rings. The standard InChI is InChI=1S/C14H26N2O3/c1-2-8-12(11-13(17)18)15-14(19)16-9-6-4-3-5-7-10-16/h12H,2-11H2,1H3,(H,15,19)(H,17,18). The van der Waals surface area contributed by atoms with Gasteiger partial charge in [0.25, 0.3) is 0 Å². The number of aliphatic carboxylic acids is 1. The molecule has 0 aliphatic carbocycles. The molecule has 0 bridgehead atoms. The minimum Gasteiger partial charge on any atom is -0.481 e. The molecule has 1 rings (SSSR count). The molecule has 1 atom stereocenters. The summed E-state index contributed by atoms with van der Waals surface area (Å²) >= 11 is 0. The Labute approximate surface area is 115 Å². The van der Waals surface area contributed by atoms with Gasteiger partial charge in [-0.3, -0.25) is 4.79 Å². The Hall–Kier alpha value is -1.26. The highest BCUT2D eigenvalue weighted by atomic mass is 16.4. The normalized spacial score (nSPS) is 18.3. The first-order valence-corrected chi connectivity index (χ1v) is 7.40. The largest absolute Gasteiger partial charge is 0.481 e. The fourth-order valence-corrected chi connectivity index (χ4v) is 2.50. The van der Waals surface area contributed by atoms with Crippen molar-refractivity contribution in [3.8, 4) is 0 Å². The van der Waals surface area contributed by atoms with Crippen molar-refractivity contribution < 1.29 is 14.7 Å². The van der Waals surface area contributed by atoms with Crippen molar-refractivity contribution in [2.45, 2.75) is 64.3 Å². The van der Waals surface area contributed by atoms with Gasteiger partial charge in [0, 0.05) is 19.1 Å². The van der Waals surface area contributed by atoms with Gasteiger partial charge in [-0.2, -0.15) is 0 Å². The molecule has 1 aliphatic rings. The van der Waals surface area contributed by atoms with E-state index in [4.69, 9.17) is 5.11 Å². The minimum atomic E-state index is -0.855. The summed E-state index contributed by atoms with van der Waals surface area (Å²) in [6, 6.07) is -0.345. The van der Waals surface area contributed by atoms with E-state index in [9.17, 15) is 9.59 Å². The van der Waals surface area contributed by atoms with E-state index < -0.39 is 5.97 Å². The summed E-state index contributed by atoms with van der Waals surface area (Å²) in [5, 5.41) is 11.7. The first-order chi connectivity index (χ1) is 9.13. The zero-order chi connectivity index (χ0) is 14.1. The van der Waals surface area contributed by atoms with E-state index in [0.29, 0.717) is 6.42 Å². The lowest BCUT2D eigenvalue weighted by Gasteiger charge is -2.27. The number of urea groups is 1. The molecule has 1 saturated heterocycles. The monoisotopic (exact) mass is 270 g/mol. The molecular formula is C14H26N2O3. The first-order valence-electron chi connectivity index (χ1n) is 7.40. The molecule has 1 heterocycles. The molecule has 19 heavy (non-hydrogen) atoms. The first kappa shape index (κ1) is 15.8. The van der Waals surface area contributed by atoms with E-state index in [-0.39, 0.29) is 18.5 Å². The lowest BCUT2D eigenvalue weighted by atomic mass is 10.1. The lowest BCUT2D eigenvalue weighted by Crippen LogP contribution is -2.46. The summed E-state index contributed by atoms with van der Waals surface area (Å²) in [6.07, 6.45) is 7.30. The highest BCUT2D eigenvalue weighted by Crippen LogP contribution is 2.11. The number of carbonyl (C=O) groups excluding carboxylic acids is 1. The van der Waals surface area contributed by atoms with Crippen LogP contribution in [0.5, 0.6) is 0 Å². The number of rotatable bonds is 5. The molecule has 0 saturated carbocycles. The fraction of sp³-hybridized carbons (Fsp3) is 0.857. The number of hydrogen-bond acceptors (Lipinski definition) is 2. The molecule has 0 aromatic heterocycles. The second-order valence-corrected chi connectivity index (χ2v) is 5.29. The van der Waals surface area contributed by atoms with Crippen LogP contribution in [-0.4, -0.2) is 41.1 Å². The van der Waals surface area contributed by atoms with E-state index in [1.165, 1.54) is 19.3 Å². The summed E-state index contributed by atoms with van der Waals surface area (Å²) in [5.74, 6) is -0.855. The maximum Gasteiger partial charge on any atom is 0.317 e. The highest BCUT2D eigenvalue weighted by Gasteiger charge is 2.19. The predicted octanol–water partition coefficient (Wildman–Crippen LogP) is 2.61. The smallest absolute Gasteiger partial charge is 0.317 e. The number of carboxylic acids is 1. The fourth-order valence-electron chi connectivity index (χ4n) is 2.50. The van der Waals surface area contributed by atoms with Crippen LogP contribution < -0.4 is 5.32 Å². The Kier molecular flexibility index (Phi) is 7.30. The molecule has 1 aliphatic heterocycles. The number of carboxylic acid groups (broad SMARTS) is 1. The van der Waals surface area contributed by atoms with Gasteiger partial charge >= 0.3 is 12.0 Å². The van der Waals surface area contributed by atoms with Crippen molar-refractivity contribution in [3.63, 3.8) is 0 Å². The summed E-state index contributed by atoms with van der Waals surface area (Å²) in [5.41, 5.74) is 0. The van der Waals surface area contributed by atoms with Crippen molar-refractivity contribution in [2.24, 2.45) is 0 Å². The van der Waals surface area contributed by atoms with Crippen molar-refractivity contribution >= 4 is 12.0 Å². The van der Waals surface area contributed by atoms with Crippen LogP contribution in [0.2, 0.25) is 0 Å². The Balaban J connectivity index is 2.46. The molecule has 0 radical (unpaired) electrons. The van der Waals surface area contributed by atoms with E-state index in [2.05, 4.69) is 5.32 Å². The minimum absolute atomic E-state index is 0.00736. The second-order valence-electron chi connectivity index (χ2n) is 5.29. The van der Waals surface area contributed by atoms with E-state index in [1.54, 1.807) is 0 Å². The lowest BCUT2D eigenvalue weighted by molar-refractivity contribution is -0.137. The quantitative estimate of drug-likeness (QED) is 0.806. The number of carbonyl (C=O) groups is 2. The second kappa shape index (κ2) is 8.77. The van der Waals surface area contributed by atoms with Gasteiger partial charge in [0.1, 0.15) is 0 Å². The summed E-state index contributed by atoms with van der Waals surface area (Å²) < 4.78 is 0. The molecule has 110 valence electrons. The van der Waals surface area contributed by atoms with Crippen LogP contribution in [0.15, 0.2) is 0 Å². The Morgan fingerprint density at radius 3 is 2.26 bits per heavy atom. The predicted molar refractivity (Wildman–Crippen MR) is 74.1 cm³/mol. The van der Waals surface area contributed by atoms with Gasteiger partial charge in [-0.1, -0.05) is 32.6 Å². The van der Waals surface area contributed by atoms with Gasteiger partial charge in [-0.25, -0.2) is 4.79 Å². The SMILES string of the molecule is CCCC(CC(=O)O)NC(=O)N1CCCCCCC1. The maximum absolute atomic E-state index is 12.2. The molecule has 2 N–H and O–H groups in total. The molecule has 0 aromatic rings. The Morgan fingerprint density at radius 1 is 1.16 bits per heavy atom. The van der Waals surface area contributed by atoms with Crippen molar-refractivity contribution in [3.05, 3.63) is 0 Å². The third-order valence-corrected chi connectivity index (χ3v) is 3.53. The number of likely N-dealkylation sites (tertiary alicyclic amines) is 1. The molecular weight excluding hydrogens is 244 g/mol. The van der Waals surface area contributed by atoms with Crippen LogP contribution in [0.3, 0.4) is 0 Å². The van der Waals surface area contributed by atoms with Gasteiger partial charge in [0.05, 0.1) is 6.42 Å². The van der Waals surface area contributed by atoms with Gasteiger partial charge < -0.3 is 15.3 Å². The average molecular weight is 270 g/mol. The van der Waals surface area contributed by atoms with Gasteiger partial charge in [-0.15, -0.1) is 0 Å². The molecule has 1 unspecified atom stereocenters. The van der Waals surface area contributed by atoms with E-state index in [1.807, 2.05) is 11.8 Å². The topological polar surface area (TPSA) is 69.6 Å². The average Bonchev–Trinajstić information content (AvgIpc) is 2.27. The van der Waals surface area contributed by atoms with Crippen LogP contribution >= 0.6 is 0 Å². The number of hydrogen-bond donors (Lipinski definition) is 2. The van der Waals surface area contributed by atoms with Gasteiger partial charge in [-0.05, 0) is 19.3 Å². The molecule has 2 amide bonds. The summed E-state index contributed by atoms with van der Waals surface area (Å²) in [6.45, 7) is 3.58. The van der Waals surface area contributed by atoms with Crippen molar-refractivity contribution in [2.75, 3.05) is 13.1 Å². The maximum atomic E-state index is 12.2. The Morgan fingerprint density at radius 2 is 1.74 bits per heavy atom. The molecule has 5 nitrogen and oxygen atoms in total. The number of amides is 2. The summed E-state index contributed by atoms with van der Waals surface area (Å²) in [4.78, 5) is 24.8. The van der Waals surface area contributed by atoms with Crippen LogP contribution in [-0.2, 0) is 4.79 Å². The van der Waals surface area contributed by atoms with Crippen LogP contribution in [0, 0.1) is 0 Å². The molecule has 5 heteroatoms. The van der Waals surface area contributed by atoms with Crippen LogP contribution in [0.1, 0.15) is 58.3 Å². The number of nitrogens with zero attached hydrogens (tertiary/aromatic N) is 1. The van der Waals surface area contributed by atoms with Crippen LogP contribution in [0.4, 0.5) is 4.79 Å². The zero-order valence-corrected chi connectivity index (χ0v) is 11.9. The Bertz CT molecular complexity index is 286. The van der Waals surface area contributed by atoms with E-state index in [0.717, 1.165) is 32.4 Å². The van der Waals surface area contributed by atoms with E-state index >= 15 is 0 Å². The van der Waals surface area contributed by atoms with Crippen molar-refractivity contribution in [1.82, 2.24) is 10.2 Å². The summed E-state index contributed by atoms with van der Waals surface area (Å²) in [7, 11) is 0. The van der Waals surface area contributed by atoms with Gasteiger partial charge in [0.15, 0.2) is 0 Å². The molecule has 0 aromatic carbocycles. The van der Waals surface area contributed by atoms with Gasteiger partial charge in [0.2, 0.25) is 0 Å². The molecule has 0 spiro atoms. The number of nitrogens with one attached hydrogen (secondary N) is 1. The zero-order valence-electron chi connectivity index (χ0n) is 11.9. The third kappa shape index (κ3) is 6.45. The third-order valence-electron chi connectivity index (χ3n) is 3.53. The van der Waals surface area contributed by atoms with Crippen LogP contribution in [0.25, 0.3) is 0 Å². The van der Waals surface area contributed by atoms with Crippen molar-refractivity contribution in [1.29, 1.82) is 0 Å². The highest BCUT2D eigenvalue weighted by molar-refractivity contribution is 5.76.